The molecule has 0 spiro atoms. The minimum atomic E-state index is -4.14. The Balaban J connectivity index is 2.02. The second kappa shape index (κ2) is 12.4. The zero-order valence-electron chi connectivity index (χ0n) is 20.8. The standard InChI is InChI=1S/C27H29Cl2N3O4S/c1-4-30-27(34)20(3)31(17-21-10-12-22(28)13-11-21)26(33)18-32(24-7-5-6-23(29)16-24)37(35,36)25-14-8-19(2)9-15-25/h5-16,20H,4,17-18H2,1-3H3,(H,30,34)/t20-/m1/s1. The highest BCUT2D eigenvalue weighted by Crippen LogP contribution is 2.27. The van der Waals surface area contributed by atoms with Gasteiger partial charge >= 0.3 is 0 Å². The predicted octanol–water partition coefficient (Wildman–Crippen LogP) is 5.05. The van der Waals surface area contributed by atoms with Gasteiger partial charge in [0.15, 0.2) is 0 Å². The third-order valence-corrected chi connectivity index (χ3v) is 8.04. The number of rotatable bonds is 10. The molecule has 196 valence electrons. The molecule has 3 aromatic carbocycles. The summed E-state index contributed by atoms with van der Waals surface area (Å²) in [5, 5.41) is 3.58. The molecule has 2 amide bonds. The number of hydrogen-bond donors (Lipinski definition) is 1. The molecule has 10 heteroatoms. The van der Waals surface area contributed by atoms with E-state index in [1.807, 2.05) is 6.92 Å². The largest absolute Gasteiger partial charge is 0.355 e. The van der Waals surface area contributed by atoms with Crippen LogP contribution in [0.4, 0.5) is 5.69 Å². The highest BCUT2D eigenvalue weighted by Gasteiger charge is 2.32. The Labute approximate surface area is 228 Å². The number of carbonyl (C=O) groups is 2. The summed E-state index contributed by atoms with van der Waals surface area (Å²) in [6.07, 6.45) is 0. The van der Waals surface area contributed by atoms with Gasteiger partial charge in [0.1, 0.15) is 12.6 Å². The number of benzene rings is 3. The maximum atomic E-state index is 13.7. The van der Waals surface area contributed by atoms with Crippen LogP contribution < -0.4 is 9.62 Å². The van der Waals surface area contributed by atoms with Gasteiger partial charge in [-0.25, -0.2) is 8.42 Å². The van der Waals surface area contributed by atoms with Crippen LogP contribution in [0, 0.1) is 6.92 Å². The molecule has 0 aromatic heterocycles. The number of nitrogens with zero attached hydrogens (tertiary/aromatic N) is 2. The van der Waals surface area contributed by atoms with Gasteiger partial charge in [-0.2, -0.15) is 0 Å². The molecule has 0 aliphatic heterocycles. The molecule has 0 radical (unpaired) electrons. The molecule has 0 bridgehead atoms. The maximum Gasteiger partial charge on any atom is 0.264 e. The number of carbonyl (C=O) groups excluding carboxylic acids is 2. The monoisotopic (exact) mass is 561 g/mol. The lowest BCUT2D eigenvalue weighted by molar-refractivity contribution is -0.139. The number of halogens is 2. The van der Waals surface area contributed by atoms with E-state index in [-0.39, 0.29) is 23.0 Å². The van der Waals surface area contributed by atoms with Gasteiger partial charge in [0.2, 0.25) is 11.8 Å². The topological polar surface area (TPSA) is 86.8 Å². The molecule has 0 saturated carbocycles. The van der Waals surface area contributed by atoms with Crippen molar-refractivity contribution in [2.24, 2.45) is 0 Å². The first kappa shape index (κ1) is 28.5. The van der Waals surface area contributed by atoms with E-state index in [4.69, 9.17) is 23.2 Å². The van der Waals surface area contributed by atoms with E-state index in [2.05, 4.69) is 5.32 Å². The lowest BCUT2D eigenvalue weighted by Crippen LogP contribution is -2.51. The number of aryl methyl sites for hydroxylation is 1. The first-order valence-electron chi connectivity index (χ1n) is 11.7. The van der Waals surface area contributed by atoms with Crippen molar-refractivity contribution in [2.75, 3.05) is 17.4 Å². The van der Waals surface area contributed by atoms with Crippen LogP contribution in [0.2, 0.25) is 10.0 Å². The van der Waals surface area contributed by atoms with Gasteiger partial charge in [0.05, 0.1) is 10.6 Å². The van der Waals surface area contributed by atoms with Gasteiger partial charge in [-0.1, -0.05) is 59.1 Å². The first-order chi connectivity index (χ1) is 17.5. The molecule has 0 saturated heterocycles. The van der Waals surface area contributed by atoms with E-state index >= 15 is 0 Å². The molecule has 37 heavy (non-hydrogen) atoms. The van der Waals surface area contributed by atoms with E-state index in [0.717, 1.165) is 15.4 Å². The molecule has 0 unspecified atom stereocenters. The summed E-state index contributed by atoms with van der Waals surface area (Å²) in [6.45, 7) is 5.19. The zero-order valence-corrected chi connectivity index (χ0v) is 23.1. The summed E-state index contributed by atoms with van der Waals surface area (Å²) in [4.78, 5) is 27.8. The third-order valence-electron chi connectivity index (χ3n) is 5.77. The van der Waals surface area contributed by atoms with Gasteiger partial charge in [-0.15, -0.1) is 0 Å². The molecule has 0 aliphatic carbocycles. The molecule has 3 aromatic rings. The lowest BCUT2D eigenvalue weighted by atomic mass is 10.1. The number of nitrogens with one attached hydrogen (secondary N) is 1. The Morgan fingerprint density at radius 2 is 1.59 bits per heavy atom. The Hall–Kier alpha value is -3.07. The van der Waals surface area contributed by atoms with E-state index in [1.165, 1.54) is 23.1 Å². The fraction of sp³-hybridized carbons (Fsp3) is 0.259. The molecule has 1 N–H and O–H groups in total. The van der Waals surface area contributed by atoms with Crippen molar-refractivity contribution in [3.63, 3.8) is 0 Å². The van der Waals surface area contributed by atoms with Crippen molar-refractivity contribution in [1.82, 2.24) is 10.2 Å². The van der Waals surface area contributed by atoms with Crippen LogP contribution in [-0.2, 0) is 26.2 Å². The molecule has 0 fully saturated rings. The molecule has 7 nitrogen and oxygen atoms in total. The Morgan fingerprint density at radius 1 is 0.946 bits per heavy atom. The normalized spacial score (nSPS) is 12.0. The van der Waals surface area contributed by atoms with Crippen LogP contribution in [0.25, 0.3) is 0 Å². The first-order valence-corrected chi connectivity index (χ1v) is 13.9. The van der Waals surface area contributed by atoms with Crippen LogP contribution in [0.5, 0.6) is 0 Å². The highest BCUT2D eigenvalue weighted by atomic mass is 35.5. The molecule has 0 aliphatic rings. The number of anilines is 1. The molecular formula is C27H29Cl2N3O4S. The summed E-state index contributed by atoms with van der Waals surface area (Å²) in [5.74, 6) is -0.898. The van der Waals surface area contributed by atoms with Crippen LogP contribution in [0.15, 0.2) is 77.7 Å². The lowest BCUT2D eigenvalue weighted by Gasteiger charge is -2.32. The third kappa shape index (κ3) is 7.25. The van der Waals surface area contributed by atoms with Crippen molar-refractivity contribution in [2.45, 2.75) is 38.3 Å². The van der Waals surface area contributed by atoms with Crippen LogP contribution in [-0.4, -0.2) is 44.3 Å². The van der Waals surface area contributed by atoms with Gasteiger partial charge < -0.3 is 10.2 Å². The number of sulfonamides is 1. The minimum absolute atomic E-state index is 0.0342. The van der Waals surface area contributed by atoms with Crippen LogP contribution >= 0.6 is 23.2 Å². The number of likely N-dealkylation sites (N-methyl/N-ethyl adjacent to an activating group) is 1. The van der Waals surface area contributed by atoms with E-state index in [1.54, 1.807) is 68.4 Å². The van der Waals surface area contributed by atoms with Gasteiger partial charge in [0, 0.05) is 23.1 Å². The predicted molar refractivity (Wildman–Crippen MR) is 147 cm³/mol. The van der Waals surface area contributed by atoms with E-state index in [9.17, 15) is 18.0 Å². The van der Waals surface area contributed by atoms with Crippen molar-refractivity contribution in [3.05, 3.63) is 94.0 Å². The van der Waals surface area contributed by atoms with Crippen LogP contribution in [0.1, 0.15) is 25.0 Å². The fourth-order valence-electron chi connectivity index (χ4n) is 3.69. The molecule has 1 atom stereocenters. The quantitative estimate of drug-likeness (QED) is 0.375. The minimum Gasteiger partial charge on any atom is -0.355 e. The van der Waals surface area contributed by atoms with Crippen molar-refractivity contribution in [3.8, 4) is 0 Å². The second-order valence-electron chi connectivity index (χ2n) is 8.52. The molecule has 3 rings (SSSR count). The average Bonchev–Trinajstić information content (AvgIpc) is 2.86. The second-order valence-corrected chi connectivity index (χ2v) is 11.3. The number of amides is 2. The Morgan fingerprint density at radius 3 is 2.19 bits per heavy atom. The Kier molecular flexibility index (Phi) is 9.59. The summed E-state index contributed by atoms with van der Waals surface area (Å²) in [5.41, 5.74) is 1.87. The molecular weight excluding hydrogens is 533 g/mol. The summed E-state index contributed by atoms with van der Waals surface area (Å²) >= 11 is 12.2. The van der Waals surface area contributed by atoms with Crippen molar-refractivity contribution < 1.29 is 18.0 Å². The summed E-state index contributed by atoms with van der Waals surface area (Å²) in [7, 11) is -4.14. The average molecular weight is 563 g/mol. The SMILES string of the molecule is CCNC(=O)[C@@H](C)N(Cc1ccc(Cl)cc1)C(=O)CN(c1cccc(Cl)c1)S(=O)(=O)c1ccc(C)cc1. The zero-order chi connectivity index (χ0) is 27.2. The number of hydrogen-bond acceptors (Lipinski definition) is 4. The summed E-state index contributed by atoms with van der Waals surface area (Å²) in [6, 6.07) is 18.7. The van der Waals surface area contributed by atoms with Crippen molar-refractivity contribution in [1.29, 1.82) is 0 Å². The van der Waals surface area contributed by atoms with Crippen molar-refractivity contribution >= 4 is 50.7 Å². The van der Waals surface area contributed by atoms with Gasteiger partial charge in [-0.05, 0) is 68.8 Å². The van der Waals surface area contributed by atoms with Gasteiger partial charge in [-0.3, -0.25) is 13.9 Å². The maximum absolute atomic E-state index is 13.7. The highest BCUT2D eigenvalue weighted by molar-refractivity contribution is 7.92. The Bertz CT molecular complexity index is 1350. The van der Waals surface area contributed by atoms with E-state index in [0.29, 0.717) is 16.6 Å². The fourth-order valence-corrected chi connectivity index (χ4v) is 5.41. The smallest absolute Gasteiger partial charge is 0.264 e. The van der Waals surface area contributed by atoms with Gasteiger partial charge in [0.25, 0.3) is 10.0 Å². The van der Waals surface area contributed by atoms with Crippen LogP contribution in [0.3, 0.4) is 0 Å². The molecule has 0 heterocycles. The van der Waals surface area contributed by atoms with E-state index < -0.39 is 28.5 Å². The summed E-state index contributed by atoms with van der Waals surface area (Å²) < 4.78 is 28.5.